The van der Waals surface area contributed by atoms with Gasteiger partial charge in [-0.3, -0.25) is 9.59 Å². The van der Waals surface area contributed by atoms with Crippen molar-refractivity contribution in [2.75, 3.05) is 10.6 Å². The van der Waals surface area contributed by atoms with Crippen LogP contribution in [0.4, 0.5) is 11.4 Å². The highest BCUT2D eigenvalue weighted by molar-refractivity contribution is 6.34. The summed E-state index contributed by atoms with van der Waals surface area (Å²) in [6.45, 7) is 8.92. The first-order chi connectivity index (χ1) is 11.6. The van der Waals surface area contributed by atoms with Crippen LogP contribution in [0, 0.1) is 26.2 Å². The minimum Gasteiger partial charge on any atom is -0.325 e. The zero-order chi connectivity index (χ0) is 18.8. The predicted octanol–water partition coefficient (Wildman–Crippen LogP) is 4.87. The van der Waals surface area contributed by atoms with E-state index in [0.29, 0.717) is 16.4 Å². The van der Waals surface area contributed by atoms with E-state index in [1.165, 1.54) is 0 Å². The molecule has 0 saturated carbocycles. The topological polar surface area (TPSA) is 58.2 Å². The van der Waals surface area contributed by atoms with Crippen LogP contribution in [0.5, 0.6) is 0 Å². The lowest BCUT2D eigenvalue weighted by molar-refractivity contribution is -0.135. The first-order valence-corrected chi connectivity index (χ1v) is 8.45. The molecule has 0 aliphatic heterocycles. The van der Waals surface area contributed by atoms with Crippen LogP contribution in [0.1, 0.15) is 30.5 Å². The molecule has 2 N–H and O–H groups in total. The monoisotopic (exact) mass is 358 g/mol. The fourth-order valence-electron chi connectivity index (χ4n) is 2.46. The standard InChI is InChI=1S/C20H23ClN2O2/c1-12-7-6-8-15(10-12)22-18(24)20(4,5)19(25)23-17-14(3)9-13(2)11-16(17)21/h6-11H,1-5H3,(H,22,24)(H,23,25). The van der Waals surface area contributed by atoms with Gasteiger partial charge in [0, 0.05) is 5.69 Å². The first-order valence-electron chi connectivity index (χ1n) is 8.07. The van der Waals surface area contributed by atoms with Crippen molar-refractivity contribution in [3.63, 3.8) is 0 Å². The molecule has 2 aromatic rings. The zero-order valence-electron chi connectivity index (χ0n) is 15.2. The van der Waals surface area contributed by atoms with Crippen molar-refractivity contribution in [3.05, 3.63) is 58.1 Å². The molecule has 0 aliphatic carbocycles. The minimum atomic E-state index is -1.26. The molecule has 2 amide bonds. The molecule has 4 nitrogen and oxygen atoms in total. The maximum Gasteiger partial charge on any atom is 0.239 e. The van der Waals surface area contributed by atoms with Crippen molar-refractivity contribution in [2.24, 2.45) is 5.41 Å². The minimum absolute atomic E-state index is 0.378. The number of nitrogens with one attached hydrogen (secondary N) is 2. The number of hydrogen-bond acceptors (Lipinski definition) is 2. The van der Waals surface area contributed by atoms with Crippen molar-refractivity contribution < 1.29 is 9.59 Å². The lowest BCUT2D eigenvalue weighted by atomic mass is 9.90. The molecule has 0 fully saturated rings. The van der Waals surface area contributed by atoms with E-state index in [2.05, 4.69) is 10.6 Å². The fourth-order valence-corrected chi connectivity index (χ4v) is 2.83. The molecular weight excluding hydrogens is 336 g/mol. The number of carbonyl (C=O) groups excluding carboxylic acids is 2. The molecule has 0 aliphatic rings. The second-order valence-corrected chi connectivity index (χ2v) is 7.25. The van der Waals surface area contributed by atoms with Gasteiger partial charge >= 0.3 is 0 Å². The van der Waals surface area contributed by atoms with Gasteiger partial charge in [0.1, 0.15) is 5.41 Å². The van der Waals surface area contributed by atoms with Crippen LogP contribution in [0.2, 0.25) is 5.02 Å². The Hall–Kier alpha value is -2.33. The number of rotatable bonds is 4. The number of benzene rings is 2. The molecule has 5 heteroatoms. The van der Waals surface area contributed by atoms with Gasteiger partial charge in [-0.15, -0.1) is 0 Å². The Morgan fingerprint density at radius 1 is 0.920 bits per heavy atom. The number of carbonyl (C=O) groups is 2. The van der Waals surface area contributed by atoms with Crippen LogP contribution in [-0.4, -0.2) is 11.8 Å². The summed E-state index contributed by atoms with van der Waals surface area (Å²) in [7, 11) is 0. The quantitative estimate of drug-likeness (QED) is 0.766. The molecule has 2 aromatic carbocycles. The van der Waals surface area contributed by atoms with Crippen LogP contribution in [0.15, 0.2) is 36.4 Å². The maximum atomic E-state index is 12.7. The zero-order valence-corrected chi connectivity index (χ0v) is 15.9. The van der Waals surface area contributed by atoms with Crippen molar-refractivity contribution >= 4 is 34.8 Å². The summed E-state index contributed by atoms with van der Waals surface area (Å²) in [5, 5.41) is 6.05. The summed E-state index contributed by atoms with van der Waals surface area (Å²) < 4.78 is 0. The SMILES string of the molecule is Cc1cccc(NC(=O)C(C)(C)C(=O)Nc2c(C)cc(C)cc2Cl)c1. The molecule has 0 unspecified atom stereocenters. The number of hydrogen-bond donors (Lipinski definition) is 2. The van der Waals surface area contributed by atoms with E-state index in [4.69, 9.17) is 11.6 Å². The molecule has 2 rings (SSSR count). The Morgan fingerprint density at radius 2 is 1.56 bits per heavy atom. The normalized spacial score (nSPS) is 11.1. The Labute approximate surface area is 153 Å². The number of anilines is 2. The smallest absolute Gasteiger partial charge is 0.239 e. The van der Waals surface area contributed by atoms with Gasteiger partial charge in [0.05, 0.1) is 10.7 Å². The van der Waals surface area contributed by atoms with Crippen molar-refractivity contribution in [1.82, 2.24) is 0 Å². The average molecular weight is 359 g/mol. The Kier molecular flexibility index (Phi) is 5.53. The number of amides is 2. The van der Waals surface area contributed by atoms with E-state index in [1.54, 1.807) is 26.0 Å². The van der Waals surface area contributed by atoms with Gasteiger partial charge in [0.25, 0.3) is 0 Å². The van der Waals surface area contributed by atoms with Gasteiger partial charge in [-0.05, 0) is 69.5 Å². The van der Waals surface area contributed by atoms with Crippen molar-refractivity contribution in [2.45, 2.75) is 34.6 Å². The van der Waals surface area contributed by atoms with Gasteiger partial charge in [0.2, 0.25) is 11.8 Å². The lowest BCUT2D eigenvalue weighted by Crippen LogP contribution is -2.41. The number of halogens is 1. The van der Waals surface area contributed by atoms with Crippen LogP contribution < -0.4 is 10.6 Å². The highest BCUT2D eigenvalue weighted by Gasteiger charge is 2.36. The average Bonchev–Trinajstić information content (AvgIpc) is 2.50. The van der Waals surface area contributed by atoms with Gasteiger partial charge in [-0.1, -0.05) is 29.8 Å². The molecule has 0 radical (unpaired) electrons. The fraction of sp³-hybridized carbons (Fsp3) is 0.300. The van der Waals surface area contributed by atoms with Crippen LogP contribution in [0.3, 0.4) is 0 Å². The van der Waals surface area contributed by atoms with Gasteiger partial charge in [-0.25, -0.2) is 0 Å². The second-order valence-electron chi connectivity index (χ2n) is 6.84. The van der Waals surface area contributed by atoms with Crippen molar-refractivity contribution in [3.8, 4) is 0 Å². The predicted molar refractivity (Wildman–Crippen MR) is 103 cm³/mol. The Morgan fingerprint density at radius 3 is 2.16 bits per heavy atom. The maximum absolute atomic E-state index is 12.7. The molecule has 0 aromatic heterocycles. The van der Waals surface area contributed by atoms with E-state index in [0.717, 1.165) is 16.7 Å². The third kappa shape index (κ3) is 4.40. The molecule has 0 saturated heterocycles. The molecule has 132 valence electrons. The third-order valence-electron chi connectivity index (χ3n) is 4.08. The summed E-state index contributed by atoms with van der Waals surface area (Å²) in [5.41, 5.74) is 2.83. The summed E-state index contributed by atoms with van der Waals surface area (Å²) in [6, 6.07) is 11.2. The first kappa shape index (κ1) is 19.0. The molecule has 0 bridgehead atoms. The lowest BCUT2D eigenvalue weighted by Gasteiger charge is -2.24. The molecule has 0 atom stereocenters. The van der Waals surface area contributed by atoms with Gasteiger partial charge in [-0.2, -0.15) is 0 Å². The second kappa shape index (κ2) is 7.28. The van der Waals surface area contributed by atoms with Crippen LogP contribution in [-0.2, 0) is 9.59 Å². The van der Waals surface area contributed by atoms with Crippen LogP contribution >= 0.6 is 11.6 Å². The number of aryl methyl sites for hydroxylation is 3. The largest absolute Gasteiger partial charge is 0.325 e. The van der Waals surface area contributed by atoms with E-state index >= 15 is 0 Å². The molecule has 25 heavy (non-hydrogen) atoms. The van der Waals surface area contributed by atoms with Crippen molar-refractivity contribution in [1.29, 1.82) is 0 Å². The summed E-state index contributed by atoms with van der Waals surface area (Å²) >= 11 is 6.24. The van der Waals surface area contributed by atoms with E-state index in [9.17, 15) is 9.59 Å². The van der Waals surface area contributed by atoms with E-state index in [-0.39, 0.29) is 5.91 Å². The van der Waals surface area contributed by atoms with E-state index < -0.39 is 11.3 Å². The van der Waals surface area contributed by atoms with Gasteiger partial charge in [0.15, 0.2) is 0 Å². The summed E-state index contributed by atoms with van der Waals surface area (Å²) in [4.78, 5) is 25.3. The summed E-state index contributed by atoms with van der Waals surface area (Å²) in [6.07, 6.45) is 0. The Balaban J connectivity index is 2.18. The van der Waals surface area contributed by atoms with E-state index in [1.807, 2.05) is 45.0 Å². The Bertz CT molecular complexity index is 805. The molecule has 0 spiro atoms. The molecule has 0 heterocycles. The van der Waals surface area contributed by atoms with Crippen LogP contribution in [0.25, 0.3) is 0 Å². The van der Waals surface area contributed by atoms with Gasteiger partial charge < -0.3 is 10.6 Å². The summed E-state index contributed by atoms with van der Waals surface area (Å²) in [5.74, 6) is -0.789. The highest BCUT2D eigenvalue weighted by atomic mass is 35.5. The highest BCUT2D eigenvalue weighted by Crippen LogP contribution is 2.30. The molecular formula is C20H23ClN2O2. The third-order valence-corrected chi connectivity index (χ3v) is 4.38.